The molecule has 2 bridgehead atoms. The van der Waals surface area contributed by atoms with Gasteiger partial charge in [0.25, 0.3) is 0 Å². The van der Waals surface area contributed by atoms with Gasteiger partial charge in [0, 0.05) is 79.4 Å². The highest BCUT2D eigenvalue weighted by Gasteiger charge is 2.44. The van der Waals surface area contributed by atoms with Crippen molar-refractivity contribution in [3.63, 3.8) is 0 Å². The number of aryl methyl sites for hydroxylation is 3. The van der Waals surface area contributed by atoms with E-state index in [1.807, 2.05) is 44.6 Å². The molecule has 0 radical (unpaired) electrons. The van der Waals surface area contributed by atoms with Crippen molar-refractivity contribution in [3.8, 4) is 11.4 Å². The number of hydrogen-bond donors (Lipinski definition) is 2. The second kappa shape index (κ2) is 8.74. The van der Waals surface area contributed by atoms with Gasteiger partial charge in [-0.3, -0.25) is 15.0 Å². The minimum absolute atomic E-state index is 0.565. The Hall–Kier alpha value is -3.85. The molecule has 0 spiro atoms. The fourth-order valence-electron chi connectivity index (χ4n) is 5.13. The Morgan fingerprint density at radius 1 is 0.971 bits per heavy atom. The number of piperidine rings is 1. The van der Waals surface area contributed by atoms with E-state index in [0.717, 1.165) is 48.2 Å². The van der Waals surface area contributed by atoms with E-state index >= 15 is 0 Å². The normalized spacial score (nSPS) is 19.5. The van der Waals surface area contributed by atoms with Gasteiger partial charge in [-0.1, -0.05) is 6.07 Å². The molecule has 2 unspecified atom stereocenters. The molecule has 4 aromatic heterocycles. The number of pyridine rings is 2. The average Bonchev–Trinajstić information content (AvgIpc) is 3.26. The predicted octanol–water partition coefficient (Wildman–Crippen LogP) is 3.79. The monoisotopic (exact) mass is 467 g/mol. The largest absolute Gasteiger partial charge is 0.353 e. The van der Waals surface area contributed by atoms with Crippen LogP contribution in [-0.4, -0.2) is 60.2 Å². The quantitative estimate of drug-likeness (QED) is 0.442. The Kier molecular flexibility index (Phi) is 5.41. The Labute approximate surface area is 204 Å². The standard InChI is InChI=1S/C26H29N9/c1-16-6-19(11-27-10-16)13-35-21-9-22(35)15-34(14-21)25-5-4-20(12-28-25)26-29-17(2)7-23(31-26)30-24-8-18(3)32-33-24/h4-8,10-12,21-22H,9,13-15H2,1-3H3,(H2,29,30,31,32,33). The fourth-order valence-corrected chi connectivity index (χ4v) is 5.13. The summed E-state index contributed by atoms with van der Waals surface area (Å²) in [5.74, 6) is 3.11. The van der Waals surface area contributed by atoms with Crippen molar-refractivity contribution in [1.82, 2.24) is 35.0 Å². The van der Waals surface area contributed by atoms with Crippen LogP contribution in [0.15, 0.2) is 48.9 Å². The van der Waals surface area contributed by atoms with Gasteiger partial charge in [-0.15, -0.1) is 0 Å². The molecule has 9 nitrogen and oxygen atoms in total. The SMILES string of the molecule is Cc1cncc(CN2C3CC2CN(c2ccc(-c4nc(C)cc(Nc5cc(C)[nH]n5)n4)cn2)C3)c1. The number of H-pyrrole nitrogens is 1. The van der Waals surface area contributed by atoms with Crippen LogP contribution >= 0.6 is 0 Å². The maximum absolute atomic E-state index is 4.78. The van der Waals surface area contributed by atoms with Crippen molar-refractivity contribution < 1.29 is 0 Å². The molecule has 9 heteroatoms. The van der Waals surface area contributed by atoms with Gasteiger partial charge in [-0.2, -0.15) is 5.10 Å². The van der Waals surface area contributed by atoms with E-state index in [0.29, 0.717) is 23.7 Å². The molecule has 2 N–H and O–H groups in total. The Morgan fingerprint density at radius 3 is 2.54 bits per heavy atom. The Bertz CT molecular complexity index is 1340. The molecule has 0 aliphatic carbocycles. The molecule has 7 rings (SSSR count). The third-order valence-electron chi connectivity index (χ3n) is 6.79. The van der Waals surface area contributed by atoms with Gasteiger partial charge in [-0.05, 0) is 50.5 Å². The van der Waals surface area contributed by atoms with E-state index in [9.17, 15) is 0 Å². The highest BCUT2D eigenvalue weighted by molar-refractivity contribution is 5.61. The first-order valence-corrected chi connectivity index (χ1v) is 12.0. The van der Waals surface area contributed by atoms with Crippen LogP contribution in [0.3, 0.4) is 0 Å². The zero-order chi connectivity index (χ0) is 23.9. The molecule has 3 saturated heterocycles. The van der Waals surface area contributed by atoms with Crippen molar-refractivity contribution in [1.29, 1.82) is 0 Å². The first-order valence-electron chi connectivity index (χ1n) is 12.0. The van der Waals surface area contributed by atoms with Crippen molar-refractivity contribution in [2.75, 3.05) is 23.3 Å². The summed E-state index contributed by atoms with van der Waals surface area (Å²) in [6.07, 6.45) is 7.04. The van der Waals surface area contributed by atoms with Crippen molar-refractivity contribution >= 4 is 17.5 Å². The maximum Gasteiger partial charge on any atom is 0.163 e. The predicted molar refractivity (Wildman–Crippen MR) is 136 cm³/mol. The molecular weight excluding hydrogens is 438 g/mol. The van der Waals surface area contributed by atoms with Crippen LogP contribution in [0.1, 0.15) is 28.9 Å². The van der Waals surface area contributed by atoms with Gasteiger partial charge >= 0.3 is 0 Å². The average molecular weight is 468 g/mol. The number of nitrogens with one attached hydrogen (secondary N) is 2. The van der Waals surface area contributed by atoms with E-state index in [2.05, 4.69) is 65.4 Å². The smallest absolute Gasteiger partial charge is 0.163 e. The minimum Gasteiger partial charge on any atom is -0.353 e. The molecule has 0 amide bonds. The van der Waals surface area contributed by atoms with Crippen LogP contribution in [0.25, 0.3) is 11.4 Å². The lowest BCUT2D eigenvalue weighted by molar-refractivity contribution is -0.00876. The Balaban J connectivity index is 1.13. The summed E-state index contributed by atoms with van der Waals surface area (Å²) in [6.45, 7) is 9.01. The molecule has 178 valence electrons. The topological polar surface area (TPSA) is 98.8 Å². The number of aromatic nitrogens is 6. The number of nitrogens with zero attached hydrogens (tertiary/aromatic N) is 7. The van der Waals surface area contributed by atoms with Crippen LogP contribution in [0.4, 0.5) is 17.5 Å². The summed E-state index contributed by atoms with van der Waals surface area (Å²) in [7, 11) is 0. The second-order valence-corrected chi connectivity index (χ2v) is 9.68. The van der Waals surface area contributed by atoms with E-state index in [1.54, 1.807) is 0 Å². The van der Waals surface area contributed by atoms with Gasteiger partial charge in [0.1, 0.15) is 11.6 Å². The van der Waals surface area contributed by atoms with Gasteiger partial charge in [-0.25, -0.2) is 15.0 Å². The first kappa shape index (κ1) is 21.7. The number of hydrogen-bond acceptors (Lipinski definition) is 8. The lowest BCUT2D eigenvalue weighted by atomic mass is 9.87. The zero-order valence-electron chi connectivity index (χ0n) is 20.2. The molecule has 7 heterocycles. The van der Waals surface area contributed by atoms with E-state index in [4.69, 9.17) is 4.98 Å². The Morgan fingerprint density at radius 2 is 1.83 bits per heavy atom. The summed E-state index contributed by atoms with van der Waals surface area (Å²) in [4.78, 5) is 23.4. The molecular formula is C26H29N9. The van der Waals surface area contributed by atoms with Crippen LogP contribution in [0, 0.1) is 20.8 Å². The summed E-state index contributed by atoms with van der Waals surface area (Å²) in [5, 5.41) is 10.4. The lowest BCUT2D eigenvalue weighted by Gasteiger charge is -2.56. The fraction of sp³-hybridized carbons (Fsp3) is 0.346. The van der Waals surface area contributed by atoms with Crippen LogP contribution in [0.5, 0.6) is 0 Å². The highest BCUT2D eigenvalue weighted by atomic mass is 15.4. The highest BCUT2D eigenvalue weighted by Crippen LogP contribution is 2.35. The first-order chi connectivity index (χ1) is 17.0. The molecule has 0 saturated carbocycles. The number of fused-ring (bicyclic) bond motifs is 2. The zero-order valence-corrected chi connectivity index (χ0v) is 20.2. The van der Waals surface area contributed by atoms with Crippen molar-refractivity contribution in [2.24, 2.45) is 0 Å². The van der Waals surface area contributed by atoms with Gasteiger partial charge in [0.05, 0.1) is 0 Å². The third-order valence-corrected chi connectivity index (χ3v) is 6.79. The van der Waals surface area contributed by atoms with Gasteiger partial charge in [0.15, 0.2) is 11.6 Å². The third kappa shape index (κ3) is 4.46. The number of anilines is 3. The van der Waals surface area contributed by atoms with Crippen molar-refractivity contribution in [2.45, 2.75) is 45.8 Å². The molecule has 0 aromatic carbocycles. The van der Waals surface area contributed by atoms with Gasteiger partial charge < -0.3 is 10.2 Å². The molecule has 3 aliphatic rings. The maximum atomic E-state index is 4.78. The minimum atomic E-state index is 0.565. The number of piperazine rings is 1. The summed E-state index contributed by atoms with van der Waals surface area (Å²) in [6, 6.07) is 11.4. The molecule has 4 aromatic rings. The summed E-state index contributed by atoms with van der Waals surface area (Å²) < 4.78 is 0. The van der Waals surface area contributed by atoms with Gasteiger partial charge in [0.2, 0.25) is 0 Å². The van der Waals surface area contributed by atoms with Crippen LogP contribution in [-0.2, 0) is 6.54 Å². The molecule has 2 atom stereocenters. The second-order valence-electron chi connectivity index (χ2n) is 9.68. The molecule has 35 heavy (non-hydrogen) atoms. The number of rotatable bonds is 6. The summed E-state index contributed by atoms with van der Waals surface area (Å²) >= 11 is 0. The van der Waals surface area contributed by atoms with E-state index in [-0.39, 0.29) is 0 Å². The van der Waals surface area contributed by atoms with Crippen LogP contribution < -0.4 is 10.2 Å². The van der Waals surface area contributed by atoms with Crippen molar-refractivity contribution in [3.05, 3.63) is 71.4 Å². The lowest BCUT2D eigenvalue weighted by Crippen LogP contribution is -2.68. The molecule has 3 fully saturated rings. The van der Waals surface area contributed by atoms with E-state index < -0.39 is 0 Å². The van der Waals surface area contributed by atoms with E-state index in [1.165, 1.54) is 17.5 Å². The summed E-state index contributed by atoms with van der Waals surface area (Å²) in [5.41, 5.74) is 5.29. The molecule has 3 aliphatic heterocycles. The number of aromatic amines is 1. The van der Waals surface area contributed by atoms with Crippen LogP contribution in [0.2, 0.25) is 0 Å².